The molecule has 2 heterocycles. The summed E-state index contributed by atoms with van der Waals surface area (Å²) in [7, 11) is -1.86. The van der Waals surface area contributed by atoms with Gasteiger partial charge < -0.3 is 0 Å². The molecule has 168 valence electrons. The number of nitrogens with zero attached hydrogens (tertiary/aromatic N) is 2. The van der Waals surface area contributed by atoms with Gasteiger partial charge in [-0.1, -0.05) is 74.0 Å². The first-order chi connectivity index (χ1) is 14.8. The zero-order valence-corrected chi connectivity index (χ0v) is 21.0. The molecule has 0 aromatic heterocycles. The number of rotatable bonds is 7. The van der Waals surface area contributed by atoms with E-state index in [1.165, 1.54) is 23.5 Å². The molecule has 0 saturated carbocycles. The second-order valence-electron chi connectivity index (χ2n) is 10.0. The second kappa shape index (κ2) is 8.52. The van der Waals surface area contributed by atoms with Crippen molar-refractivity contribution in [3.8, 4) is 0 Å². The van der Waals surface area contributed by atoms with Crippen LogP contribution in [0.2, 0.25) is 0 Å². The van der Waals surface area contributed by atoms with E-state index >= 15 is 0 Å². The minimum Gasteiger partial charge on any atom is -0.298 e. The van der Waals surface area contributed by atoms with Gasteiger partial charge in [0.2, 0.25) is 0 Å². The summed E-state index contributed by atoms with van der Waals surface area (Å²) in [6, 6.07) is 23.1. The van der Waals surface area contributed by atoms with Crippen molar-refractivity contribution in [1.82, 2.24) is 9.73 Å². The third-order valence-electron chi connectivity index (χ3n) is 7.05. The molecule has 3 nitrogen and oxygen atoms in total. The topological polar surface area (TPSA) is 15.7 Å². The van der Waals surface area contributed by atoms with Crippen LogP contribution in [0.3, 0.4) is 0 Å². The summed E-state index contributed by atoms with van der Waals surface area (Å²) < 4.78 is 2.91. The average molecular weight is 439 g/mol. The summed E-state index contributed by atoms with van der Waals surface area (Å²) in [5, 5.41) is 6.96. The first kappa shape index (κ1) is 22.8. The normalized spacial score (nSPS) is 24.5. The predicted molar refractivity (Wildman–Crippen MR) is 136 cm³/mol. The number of unbranched alkanes of at least 4 members (excludes halogenated alkanes) is 1. The molecule has 1 unspecified atom stereocenters. The molecule has 0 radical (unpaired) electrons. The minimum absolute atomic E-state index is 0.0123. The van der Waals surface area contributed by atoms with E-state index in [2.05, 4.69) is 112 Å². The third kappa shape index (κ3) is 3.45. The van der Waals surface area contributed by atoms with Crippen LogP contribution in [0, 0.1) is 0 Å². The predicted octanol–water partition coefficient (Wildman–Crippen LogP) is 5.44. The lowest BCUT2D eigenvalue weighted by atomic mass is 9.78. The van der Waals surface area contributed by atoms with E-state index < -0.39 is 7.04 Å². The van der Waals surface area contributed by atoms with Gasteiger partial charge in [-0.3, -0.25) is 9.51 Å². The van der Waals surface area contributed by atoms with Gasteiger partial charge in [-0.15, -0.1) is 0 Å². The maximum Gasteiger partial charge on any atom is 0.0658 e. The summed E-state index contributed by atoms with van der Waals surface area (Å²) in [5.41, 5.74) is -0.161. The van der Waals surface area contributed by atoms with Crippen LogP contribution in [0.4, 0.5) is 0 Å². The monoisotopic (exact) mass is 438 g/mol. The smallest absolute Gasteiger partial charge is 0.0658 e. The molecule has 0 bridgehead atoms. The van der Waals surface area contributed by atoms with Crippen LogP contribution < -0.4 is 10.6 Å². The molecule has 1 saturated heterocycles. The summed E-state index contributed by atoms with van der Waals surface area (Å²) >= 11 is 0. The van der Waals surface area contributed by atoms with E-state index in [1.807, 2.05) is 0 Å². The van der Waals surface area contributed by atoms with Crippen LogP contribution in [0.25, 0.3) is 0 Å². The molecule has 2 aromatic carbocycles. The fourth-order valence-corrected chi connectivity index (χ4v) is 11.5. The molecule has 0 N–H and O–H groups in total. The van der Waals surface area contributed by atoms with Gasteiger partial charge in [0.05, 0.1) is 12.1 Å². The Morgan fingerprint density at radius 1 is 0.903 bits per heavy atom. The van der Waals surface area contributed by atoms with Crippen LogP contribution in [0.1, 0.15) is 60.8 Å². The Morgan fingerprint density at radius 2 is 1.45 bits per heavy atom. The summed E-state index contributed by atoms with van der Waals surface area (Å²) in [6.07, 6.45) is 3.57. The van der Waals surface area contributed by atoms with Crippen LogP contribution in [0.5, 0.6) is 0 Å². The Balaban J connectivity index is 2.06. The lowest BCUT2D eigenvalue weighted by Crippen LogP contribution is -2.75. The van der Waals surface area contributed by atoms with E-state index in [0.717, 1.165) is 13.0 Å². The van der Waals surface area contributed by atoms with Gasteiger partial charge in [0, 0.05) is 25.2 Å². The summed E-state index contributed by atoms with van der Waals surface area (Å²) in [5.74, 6) is 0. The van der Waals surface area contributed by atoms with Crippen LogP contribution in [-0.4, -0.2) is 45.3 Å². The Labute approximate surface area is 189 Å². The lowest BCUT2D eigenvalue weighted by molar-refractivity contribution is -0.256. The Bertz CT molecular complexity index is 908. The molecular weight excluding hydrogens is 399 g/mol. The Hall–Kier alpha value is -1.38. The van der Waals surface area contributed by atoms with E-state index in [0.29, 0.717) is 12.6 Å². The van der Waals surface area contributed by atoms with E-state index in [-0.39, 0.29) is 11.1 Å². The van der Waals surface area contributed by atoms with Crippen molar-refractivity contribution in [2.75, 3.05) is 13.2 Å². The molecule has 1 atom stereocenters. The Morgan fingerprint density at radius 3 is 1.94 bits per heavy atom. The molecule has 2 aliphatic rings. The quantitative estimate of drug-likeness (QED) is 0.535. The molecule has 1 fully saturated rings. The number of benzene rings is 2. The third-order valence-corrected chi connectivity index (χ3v) is 11.9. The van der Waals surface area contributed by atoms with Crippen molar-refractivity contribution in [3.05, 3.63) is 60.7 Å². The first-order valence-electron chi connectivity index (χ1n) is 11.9. The standard InChI is InChI=1S/C27H39N2OP/c1-7-9-20-28-24-21-26(3,4)29(30-8-2)27(5,6)25(24)31(28,22-16-12-10-13-17-22)23-18-14-11-15-19-23/h10-19,24H,7-9,20-21H2,1-6H3. The fraction of sp³-hybridized carbons (Fsp3) is 0.519. The lowest BCUT2D eigenvalue weighted by Gasteiger charge is -2.67. The van der Waals surface area contributed by atoms with Gasteiger partial charge in [0.15, 0.2) is 0 Å². The average Bonchev–Trinajstić information content (AvgIpc) is 2.75. The second-order valence-corrected chi connectivity index (χ2v) is 13.3. The highest BCUT2D eigenvalue weighted by Gasteiger charge is 2.61. The number of hydroxylamine groups is 2. The number of hydrogen-bond acceptors (Lipinski definition) is 3. The zero-order valence-electron chi connectivity index (χ0n) is 20.1. The van der Waals surface area contributed by atoms with Crippen molar-refractivity contribution < 1.29 is 4.84 Å². The molecule has 0 spiro atoms. The summed E-state index contributed by atoms with van der Waals surface area (Å²) in [4.78, 5) is 6.36. The number of fused-ring (bicyclic) bond motifs is 1. The van der Waals surface area contributed by atoms with Crippen molar-refractivity contribution in [2.24, 2.45) is 0 Å². The molecule has 4 rings (SSSR count). The van der Waals surface area contributed by atoms with Gasteiger partial charge in [-0.05, 0) is 63.4 Å². The molecule has 0 aliphatic carbocycles. The largest absolute Gasteiger partial charge is 0.298 e. The van der Waals surface area contributed by atoms with Gasteiger partial charge in [-0.2, -0.15) is 5.06 Å². The molecule has 2 aromatic rings. The fourth-order valence-electron chi connectivity index (χ4n) is 6.17. The van der Waals surface area contributed by atoms with Gasteiger partial charge >= 0.3 is 0 Å². The van der Waals surface area contributed by atoms with E-state index in [4.69, 9.17) is 4.84 Å². The highest BCUT2D eigenvalue weighted by atomic mass is 31.2. The van der Waals surface area contributed by atoms with Gasteiger partial charge in [-0.25, -0.2) is 0 Å². The minimum atomic E-state index is -1.86. The van der Waals surface area contributed by atoms with Gasteiger partial charge in [0.1, 0.15) is 0 Å². The molecule has 0 amide bonds. The highest BCUT2D eigenvalue weighted by molar-refractivity contribution is 7.89. The SMILES string of the molecule is CCCCN1C2CC(C)(C)N(OCC)C(C)(C)C2=P1(c1ccccc1)c1ccccc1. The van der Waals surface area contributed by atoms with Crippen molar-refractivity contribution in [2.45, 2.75) is 77.9 Å². The maximum atomic E-state index is 6.36. The Kier molecular flexibility index (Phi) is 6.27. The molecule has 31 heavy (non-hydrogen) atoms. The number of hydrogen-bond donors (Lipinski definition) is 0. The van der Waals surface area contributed by atoms with E-state index in [1.54, 1.807) is 5.29 Å². The van der Waals surface area contributed by atoms with Crippen LogP contribution in [0.15, 0.2) is 60.7 Å². The van der Waals surface area contributed by atoms with E-state index in [9.17, 15) is 0 Å². The maximum absolute atomic E-state index is 6.36. The zero-order chi connectivity index (χ0) is 22.3. The van der Waals surface area contributed by atoms with Crippen molar-refractivity contribution in [1.29, 1.82) is 0 Å². The highest BCUT2D eigenvalue weighted by Crippen LogP contribution is 2.65. The van der Waals surface area contributed by atoms with Crippen LogP contribution in [-0.2, 0) is 4.84 Å². The molecule has 4 heteroatoms. The number of piperidine rings is 1. The summed E-state index contributed by atoms with van der Waals surface area (Å²) in [6.45, 7) is 15.8. The van der Waals surface area contributed by atoms with Crippen molar-refractivity contribution >= 4 is 22.9 Å². The van der Waals surface area contributed by atoms with Crippen molar-refractivity contribution in [3.63, 3.8) is 0 Å². The molecule has 2 aliphatic heterocycles. The first-order valence-corrected chi connectivity index (χ1v) is 13.6. The molecular formula is C27H39N2OP. The van der Waals surface area contributed by atoms with Gasteiger partial charge in [0.25, 0.3) is 0 Å². The van der Waals surface area contributed by atoms with Crippen LogP contribution >= 0.6 is 7.04 Å².